The van der Waals surface area contributed by atoms with Gasteiger partial charge in [-0.05, 0) is 66.3 Å². The summed E-state index contributed by atoms with van der Waals surface area (Å²) in [6.45, 7) is 3.40. The molecule has 4 aromatic carbocycles. The zero-order valence-corrected chi connectivity index (χ0v) is 28.5. The summed E-state index contributed by atoms with van der Waals surface area (Å²) in [4.78, 5) is 25.3. The molecule has 1 heterocycles. The van der Waals surface area contributed by atoms with Crippen molar-refractivity contribution < 1.29 is 29.3 Å². The van der Waals surface area contributed by atoms with Crippen molar-refractivity contribution in [1.29, 1.82) is 0 Å². The lowest BCUT2D eigenvalue weighted by Gasteiger charge is -2.39. The highest BCUT2D eigenvalue weighted by Crippen LogP contribution is 2.39. The lowest BCUT2D eigenvalue weighted by molar-refractivity contribution is -0.253. The van der Waals surface area contributed by atoms with Gasteiger partial charge < -0.3 is 25.0 Å². The van der Waals surface area contributed by atoms with Crippen LogP contribution in [0.1, 0.15) is 91.7 Å². The third kappa shape index (κ3) is 10.6. The second-order valence-electron chi connectivity index (χ2n) is 12.9. The van der Waals surface area contributed by atoms with Crippen LogP contribution < -0.4 is 5.32 Å². The summed E-state index contributed by atoms with van der Waals surface area (Å²) in [5, 5.41) is 21.3. The monoisotopic (exact) mass is 664 g/mol. The lowest BCUT2D eigenvalue weighted by atomic mass is 9.98. The number of likely N-dealkylation sites (N-methyl/N-ethyl adjacent to an activating group) is 1. The van der Waals surface area contributed by atoms with Gasteiger partial charge in [0.05, 0.1) is 18.8 Å². The van der Waals surface area contributed by atoms with Gasteiger partial charge in [0.15, 0.2) is 6.29 Å². The summed E-state index contributed by atoms with van der Waals surface area (Å²) in [5.41, 5.74) is 7.24. The number of benzene rings is 4. The molecule has 8 nitrogen and oxygen atoms in total. The second kappa shape index (κ2) is 17.9. The van der Waals surface area contributed by atoms with Crippen LogP contribution in [-0.4, -0.2) is 46.7 Å². The predicted octanol–water partition coefficient (Wildman–Crippen LogP) is 7.74. The Kier molecular flexibility index (Phi) is 13.1. The summed E-state index contributed by atoms with van der Waals surface area (Å²) in [6.07, 6.45) is 2.49. The molecule has 1 amide bonds. The number of carbonyl (C=O) groups excluding carboxylic acids is 1. The van der Waals surface area contributed by atoms with Crippen LogP contribution in [0, 0.1) is 0 Å². The van der Waals surface area contributed by atoms with Gasteiger partial charge in [-0.1, -0.05) is 103 Å². The maximum atomic E-state index is 12.3. The van der Waals surface area contributed by atoms with E-state index in [1.807, 2.05) is 42.5 Å². The van der Waals surface area contributed by atoms with Crippen molar-refractivity contribution in [2.75, 3.05) is 13.6 Å². The van der Waals surface area contributed by atoms with Crippen LogP contribution in [0.15, 0.2) is 103 Å². The first kappa shape index (κ1) is 36.0. The maximum absolute atomic E-state index is 12.3. The highest BCUT2D eigenvalue weighted by Gasteiger charge is 2.33. The summed E-state index contributed by atoms with van der Waals surface area (Å²) >= 11 is 0. The first-order valence-corrected chi connectivity index (χ1v) is 17.2. The predicted molar refractivity (Wildman–Crippen MR) is 190 cm³/mol. The fourth-order valence-electron chi connectivity index (χ4n) is 6.22. The van der Waals surface area contributed by atoms with Gasteiger partial charge in [-0.2, -0.15) is 0 Å². The Labute approximate surface area is 289 Å². The standard InChI is InChI=1S/C41H48N2O6/c1-29(32-11-5-3-6-12-32)43(2)27-37-25-38(34-18-16-30(28-44)17-19-34)49-41(48-37)35-22-20-33(21-23-35)36-13-9-10-31(24-36)26-42-39(45)14-7-4-8-15-40(46)47/h3,5-6,9-13,16-24,29,37-38,41,44H,4,7-8,14-15,25-28H2,1-2H3,(H,42,45)(H,46,47). The van der Waals surface area contributed by atoms with Crippen LogP contribution in [0.3, 0.4) is 0 Å². The highest BCUT2D eigenvalue weighted by atomic mass is 16.7. The topological polar surface area (TPSA) is 108 Å². The minimum atomic E-state index is -0.800. The smallest absolute Gasteiger partial charge is 0.303 e. The van der Waals surface area contributed by atoms with E-state index < -0.39 is 12.3 Å². The Morgan fingerprint density at radius 1 is 0.816 bits per heavy atom. The molecule has 8 heteroatoms. The third-order valence-corrected chi connectivity index (χ3v) is 9.28. The van der Waals surface area contributed by atoms with E-state index in [-0.39, 0.29) is 37.2 Å². The molecule has 0 bridgehead atoms. The molecule has 49 heavy (non-hydrogen) atoms. The van der Waals surface area contributed by atoms with Crippen molar-refractivity contribution in [3.05, 3.63) is 131 Å². The van der Waals surface area contributed by atoms with Crippen molar-refractivity contribution in [2.24, 2.45) is 0 Å². The number of unbranched alkanes of at least 4 members (excludes halogenated alkanes) is 2. The van der Waals surface area contributed by atoms with Gasteiger partial charge in [0, 0.05) is 44.0 Å². The van der Waals surface area contributed by atoms with E-state index in [1.54, 1.807) is 0 Å². The van der Waals surface area contributed by atoms with E-state index in [0.717, 1.165) is 46.3 Å². The summed E-state index contributed by atoms with van der Waals surface area (Å²) in [5.74, 6) is -0.828. The fraction of sp³-hybridized carbons (Fsp3) is 0.366. The molecule has 258 valence electrons. The normalized spacial score (nSPS) is 18.2. The number of aliphatic hydroxyl groups is 1. The Morgan fingerprint density at radius 2 is 1.53 bits per heavy atom. The zero-order chi connectivity index (χ0) is 34.6. The number of rotatable bonds is 16. The van der Waals surface area contributed by atoms with E-state index >= 15 is 0 Å². The molecule has 0 radical (unpaired) electrons. The van der Waals surface area contributed by atoms with E-state index in [2.05, 4.69) is 84.9 Å². The van der Waals surface area contributed by atoms with Crippen LogP contribution in [0.4, 0.5) is 0 Å². The Morgan fingerprint density at radius 3 is 2.24 bits per heavy atom. The molecule has 4 atom stereocenters. The highest BCUT2D eigenvalue weighted by molar-refractivity contribution is 5.76. The number of hydrogen-bond acceptors (Lipinski definition) is 6. The number of carboxylic acid groups (broad SMARTS) is 1. The molecule has 0 spiro atoms. The van der Waals surface area contributed by atoms with E-state index in [0.29, 0.717) is 32.2 Å². The molecular formula is C41H48N2O6. The molecule has 4 unspecified atom stereocenters. The first-order valence-electron chi connectivity index (χ1n) is 17.2. The number of aliphatic carboxylic acids is 1. The van der Waals surface area contributed by atoms with Crippen molar-refractivity contribution in [3.63, 3.8) is 0 Å². The Hall–Kier alpha value is -4.34. The molecule has 0 aliphatic carbocycles. The second-order valence-corrected chi connectivity index (χ2v) is 12.9. The summed E-state index contributed by atoms with van der Waals surface area (Å²) in [6, 6.07) is 35.1. The number of nitrogens with zero attached hydrogens (tertiary/aromatic N) is 1. The maximum Gasteiger partial charge on any atom is 0.303 e. The lowest BCUT2D eigenvalue weighted by Crippen LogP contribution is -2.38. The number of ether oxygens (including phenoxy) is 2. The molecule has 1 aliphatic heterocycles. The molecule has 5 rings (SSSR count). The fourth-order valence-corrected chi connectivity index (χ4v) is 6.22. The van der Waals surface area contributed by atoms with E-state index in [4.69, 9.17) is 14.6 Å². The third-order valence-electron chi connectivity index (χ3n) is 9.28. The zero-order valence-electron chi connectivity index (χ0n) is 28.5. The van der Waals surface area contributed by atoms with Gasteiger partial charge in [-0.15, -0.1) is 0 Å². The number of carbonyl (C=O) groups is 2. The van der Waals surface area contributed by atoms with Gasteiger partial charge in [0.2, 0.25) is 5.91 Å². The number of aliphatic hydroxyl groups excluding tert-OH is 1. The Bertz CT molecular complexity index is 1630. The molecule has 1 aliphatic rings. The van der Waals surface area contributed by atoms with Gasteiger partial charge in [0.1, 0.15) is 0 Å². The summed E-state index contributed by atoms with van der Waals surface area (Å²) in [7, 11) is 2.13. The molecule has 4 aromatic rings. The van der Waals surface area contributed by atoms with Crippen molar-refractivity contribution >= 4 is 11.9 Å². The summed E-state index contributed by atoms with van der Waals surface area (Å²) < 4.78 is 13.2. The number of hydrogen-bond donors (Lipinski definition) is 3. The van der Waals surface area contributed by atoms with Crippen molar-refractivity contribution in [3.8, 4) is 11.1 Å². The van der Waals surface area contributed by atoms with Crippen LogP contribution in [0.25, 0.3) is 11.1 Å². The van der Waals surface area contributed by atoms with E-state index in [9.17, 15) is 14.7 Å². The quantitative estimate of drug-likeness (QED) is 0.105. The molecule has 0 aromatic heterocycles. The SMILES string of the molecule is CC(c1ccccc1)N(C)CC1CC(c2ccc(CO)cc2)OC(c2ccc(-c3cccc(CNC(=O)CCCCCC(=O)O)c3)cc2)O1. The van der Waals surface area contributed by atoms with Crippen LogP contribution in [0.2, 0.25) is 0 Å². The van der Waals surface area contributed by atoms with E-state index in [1.165, 1.54) is 5.56 Å². The van der Waals surface area contributed by atoms with Crippen LogP contribution in [0.5, 0.6) is 0 Å². The molecule has 1 fully saturated rings. The average Bonchev–Trinajstić information content (AvgIpc) is 3.14. The van der Waals surface area contributed by atoms with Crippen molar-refractivity contribution in [2.45, 2.75) is 83.1 Å². The number of amides is 1. The number of nitrogens with one attached hydrogen (secondary N) is 1. The Balaban J connectivity index is 1.24. The van der Waals surface area contributed by atoms with Gasteiger partial charge in [-0.3, -0.25) is 14.5 Å². The van der Waals surface area contributed by atoms with Crippen LogP contribution >= 0.6 is 0 Å². The molecular weight excluding hydrogens is 616 g/mol. The largest absolute Gasteiger partial charge is 0.481 e. The average molecular weight is 665 g/mol. The van der Waals surface area contributed by atoms with Crippen molar-refractivity contribution in [1.82, 2.24) is 10.2 Å². The van der Waals surface area contributed by atoms with Crippen LogP contribution in [-0.2, 0) is 32.2 Å². The minimum Gasteiger partial charge on any atom is -0.481 e. The molecule has 3 N–H and O–H groups in total. The van der Waals surface area contributed by atoms with Gasteiger partial charge >= 0.3 is 5.97 Å². The van der Waals surface area contributed by atoms with Gasteiger partial charge in [-0.25, -0.2) is 0 Å². The van der Waals surface area contributed by atoms with Gasteiger partial charge in [0.25, 0.3) is 0 Å². The number of carboxylic acids is 1. The molecule has 1 saturated heterocycles. The molecule has 0 saturated carbocycles. The minimum absolute atomic E-state index is 0.00378. The first-order chi connectivity index (χ1) is 23.8.